The summed E-state index contributed by atoms with van der Waals surface area (Å²) >= 11 is 0. The summed E-state index contributed by atoms with van der Waals surface area (Å²) in [6, 6.07) is 21.3. The maximum absolute atomic E-state index is 13.1. The second-order valence-corrected chi connectivity index (χ2v) is 6.48. The summed E-state index contributed by atoms with van der Waals surface area (Å²) < 4.78 is 16.4. The third kappa shape index (κ3) is 3.37. The molecule has 0 atom stereocenters. The van der Waals surface area contributed by atoms with Crippen LogP contribution < -0.4 is 14.2 Å². The summed E-state index contributed by atoms with van der Waals surface area (Å²) in [5, 5.41) is 0. The van der Waals surface area contributed by atoms with E-state index in [-0.39, 0.29) is 12.4 Å². The summed E-state index contributed by atoms with van der Waals surface area (Å²) in [6.45, 7) is 0.241. The minimum Gasteiger partial charge on any atom is -0.493 e. The maximum Gasteiger partial charge on any atom is 0.196 e. The highest BCUT2D eigenvalue weighted by Gasteiger charge is 2.24. The lowest BCUT2D eigenvalue weighted by Crippen LogP contribution is -2.19. The van der Waals surface area contributed by atoms with Crippen molar-refractivity contribution in [3.63, 3.8) is 0 Å². The van der Waals surface area contributed by atoms with E-state index in [1.54, 1.807) is 14.2 Å². The average molecular weight is 372 g/mol. The van der Waals surface area contributed by atoms with Gasteiger partial charge in [0.25, 0.3) is 0 Å². The Bertz CT molecular complexity index is 1050. The van der Waals surface area contributed by atoms with Crippen LogP contribution in [0.2, 0.25) is 0 Å². The molecule has 0 saturated heterocycles. The molecule has 0 radical (unpaired) electrons. The van der Waals surface area contributed by atoms with Crippen molar-refractivity contribution in [2.24, 2.45) is 0 Å². The summed E-state index contributed by atoms with van der Waals surface area (Å²) in [5.41, 5.74) is 4.09. The van der Waals surface area contributed by atoms with Gasteiger partial charge >= 0.3 is 0 Å². The first-order chi connectivity index (χ1) is 13.7. The van der Waals surface area contributed by atoms with Crippen LogP contribution in [0.4, 0.5) is 0 Å². The molecular weight excluding hydrogens is 352 g/mol. The SMILES string of the molecule is COc1ccc(/C=C2\COc3ccc(-c4ccccc4)cc3C2=O)cc1OC. The Morgan fingerprint density at radius 3 is 2.39 bits per heavy atom. The second-order valence-electron chi connectivity index (χ2n) is 6.48. The highest BCUT2D eigenvalue weighted by molar-refractivity contribution is 6.14. The molecule has 0 amide bonds. The zero-order valence-corrected chi connectivity index (χ0v) is 15.8. The van der Waals surface area contributed by atoms with E-state index in [4.69, 9.17) is 14.2 Å². The smallest absolute Gasteiger partial charge is 0.196 e. The molecular formula is C24H20O4. The van der Waals surface area contributed by atoms with Crippen molar-refractivity contribution in [3.8, 4) is 28.4 Å². The van der Waals surface area contributed by atoms with E-state index in [9.17, 15) is 4.79 Å². The molecule has 0 unspecified atom stereocenters. The topological polar surface area (TPSA) is 44.8 Å². The van der Waals surface area contributed by atoms with Gasteiger partial charge in [-0.25, -0.2) is 0 Å². The van der Waals surface area contributed by atoms with Crippen LogP contribution in [0, 0.1) is 0 Å². The van der Waals surface area contributed by atoms with E-state index < -0.39 is 0 Å². The van der Waals surface area contributed by atoms with Gasteiger partial charge in [0.05, 0.1) is 19.8 Å². The Balaban J connectivity index is 1.69. The van der Waals surface area contributed by atoms with Crippen molar-refractivity contribution in [3.05, 3.63) is 83.4 Å². The molecule has 0 fully saturated rings. The van der Waals surface area contributed by atoms with Crippen molar-refractivity contribution in [2.45, 2.75) is 0 Å². The van der Waals surface area contributed by atoms with Gasteiger partial charge in [0.2, 0.25) is 0 Å². The van der Waals surface area contributed by atoms with Crippen molar-refractivity contribution in [1.29, 1.82) is 0 Å². The molecule has 0 N–H and O–H groups in total. The number of carbonyl (C=O) groups excluding carboxylic acids is 1. The molecule has 28 heavy (non-hydrogen) atoms. The number of ketones is 1. The second kappa shape index (κ2) is 7.61. The Hall–Kier alpha value is -3.53. The third-order valence-electron chi connectivity index (χ3n) is 4.75. The van der Waals surface area contributed by atoms with Crippen molar-refractivity contribution in [1.82, 2.24) is 0 Å². The van der Waals surface area contributed by atoms with E-state index in [0.29, 0.717) is 28.4 Å². The van der Waals surface area contributed by atoms with Crippen molar-refractivity contribution >= 4 is 11.9 Å². The summed E-state index contributed by atoms with van der Waals surface area (Å²) in [7, 11) is 3.18. The molecule has 0 saturated carbocycles. The molecule has 3 aromatic carbocycles. The number of fused-ring (bicyclic) bond motifs is 1. The van der Waals surface area contributed by atoms with Crippen LogP contribution in [0.5, 0.6) is 17.2 Å². The predicted octanol–water partition coefficient (Wildman–Crippen LogP) is 5.03. The first-order valence-corrected chi connectivity index (χ1v) is 8.99. The fourth-order valence-corrected chi connectivity index (χ4v) is 3.29. The number of methoxy groups -OCH3 is 2. The zero-order valence-electron chi connectivity index (χ0n) is 15.8. The van der Waals surface area contributed by atoms with Gasteiger partial charge < -0.3 is 14.2 Å². The molecule has 4 heteroatoms. The largest absolute Gasteiger partial charge is 0.493 e. The fraction of sp³-hybridized carbons (Fsp3) is 0.125. The summed E-state index contributed by atoms with van der Waals surface area (Å²) in [5.74, 6) is 1.87. The lowest BCUT2D eigenvalue weighted by molar-refractivity contribution is 0.100. The van der Waals surface area contributed by atoms with Gasteiger partial charge in [-0.05, 0) is 47.0 Å². The molecule has 1 aliphatic rings. The van der Waals surface area contributed by atoms with Gasteiger partial charge in [0.15, 0.2) is 17.3 Å². The number of benzene rings is 3. The number of Topliss-reactive ketones (excluding diaryl/α,β-unsaturated/α-hetero) is 1. The van der Waals surface area contributed by atoms with Gasteiger partial charge in [-0.2, -0.15) is 0 Å². The van der Waals surface area contributed by atoms with E-state index in [1.165, 1.54) is 0 Å². The summed E-state index contributed by atoms with van der Waals surface area (Å²) in [4.78, 5) is 13.1. The minimum atomic E-state index is -0.0196. The minimum absolute atomic E-state index is 0.0196. The quantitative estimate of drug-likeness (QED) is 0.603. The zero-order chi connectivity index (χ0) is 19.5. The Morgan fingerprint density at radius 1 is 0.857 bits per heavy atom. The molecule has 0 aromatic heterocycles. The molecule has 3 aromatic rings. The van der Waals surface area contributed by atoms with Crippen LogP contribution in [0.1, 0.15) is 15.9 Å². The molecule has 140 valence electrons. The predicted molar refractivity (Wildman–Crippen MR) is 109 cm³/mol. The standard InChI is InChI=1S/C24H20O4/c1-26-22-10-8-16(13-23(22)27-2)12-19-15-28-21-11-9-18(14-20(21)24(19)25)17-6-4-3-5-7-17/h3-14H,15H2,1-2H3/b19-12+. The van der Waals surface area contributed by atoms with E-state index in [2.05, 4.69) is 0 Å². The number of hydrogen-bond acceptors (Lipinski definition) is 4. The van der Waals surface area contributed by atoms with Crippen LogP contribution >= 0.6 is 0 Å². The van der Waals surface area contributed by atoms with Gasteiger partial charge in [0, 0.05) is 5.57 Å². The Labute approximate surface area is 164 Å². The number of ether oxygens (including phenoxy) is 3. The lowest BCUT2D eigenvalue weighted by Gasteiger charge is -2.20. The maximum atomic E-state index is 13.1. The first kappa shape index (κ1) is 17.9. The van der Waals surface area contributed by atoms with Gasteiger partial charge in [0.1, 0.15) is 12.4 Å². The Kier molecular flexibility index (Phi) is 4.85. The van der Waals surface area contributed by atoms with Crippen LogP contribution in [0.15, 0.2) is 72.3 Å². The van der Waals surface area contributed by atoms with Crippen LogP contribution in [-0.2, 0) is 0 Å². The van der Waals surface area contributed by atoms with Crippen LogP contribution in [0.3, 0.4) is 0 Å². The van der Waals surface area contributed by atoms with Gasteiger partial charge in [-0.1, -0.05) is 42.5 Å². The van der Waals surface area contributed by atoms with E-state index in [1.807, 2.05) is 72.8 Å². The van der Waals surface area contributed by atoms with E-state index in [0.717, 1.165) is 16.7 Å². The molecule has 1 heterocycles. The lowest BCUT2D eigenvalue weighted by atomic mass is 9.94. The molecule has 0 bridgehead atoms. The van der Waals surface area contributed by atoms with Crippen molar-refractivity contribution < 1.29 is 19.0 Å². The van der Waals surface area contributed by atoms with E-state index >= 15 is 0 Å². The van der Waals surface area contributed by atoms with Crippen molar-refractivity contribution in [2.75, 3.05) is 20.8 Å². The number of hydrogen-bond donors (Lipinski definition) is 0. The normalized spacial score (nSPS) is 14.4. The molecule has 0 spiro atoms. The molecule has 4 rings (SSSR count). The first-order valence-electron chi connectivity index (χ1n) is 8.99. The average Bonchev–Trinajstić information content (AvgIpc) is 2.76. The highest BCUT2D eigenvalue weighted by atomic mass is 16.5. The van der Waals surface area contributed by atoms with Gasteiger partial charge in [-0.15, -0.1) is 0 Å². The van der Waals surface area contributed by atoms with Crippen LogP contribution in [-0.4, -0.2) is 26.6 Å². The van der Waals surface area contributed by atoms with Gasteiger partial charge in [-0.3, -0.25) is 4.79 Å². The number of rotatable bonds is 4. The molecule has 4 nitrogen and oxygen atoms in total. The third-order valence-corrected chi connectivity index (χ3v) is 4.75. The fourth-order valence-electron chi connectivity index (χ4n) is 3.29. The molecule has 1 aliphatic heterocycles. The number of carbonyl (C=O) groups is 1. The molecule has 0 aliphatic carbocycles. The Morgan fingerprint density at radius 2 is 1.64 bits per heavy atom. The van der Waals surface area contributed by atoms with Crippen LogP contribution in [0.25, 0.3) is 17.2 Å². The monoisotopic (exact) mass is 372 g/mol. The summed E-state index contributed by atoms with van der Waals surface area (Å²) in [6.07, 6.45) is 1.84. The highest BCUT2D eigenvalue weighted by Crippen LogP contribution is 2.33.